The van der Waals surface area contributed by atoms with Gasteiger partial charge in [-0.05, 0) is 121 Å². The van der Waals surface area contributed by atoms with Crippen molar-refractivity contribution >= 4 is 61.7 Å². The van der Waals surface area contributed by atoms with E-state index < -0.39 is 0 Å². The molecule has 0 unspecified atom stereocenters. The van der Waals surface area contributed by atoms with Crippen molar-refractivity contribution in [3.63, 3.8) is 0 Å². The minimum Gasteiger partial charge on any atom is -0.343 e. The Morgan fingerprint density at radius 2 is 1.11 bits per heavy atom. The Balaban J connectivity index is 1.15. The smallest absolute Gasteiger partial charge is 0.0575 e. The first-order valence-corrected chi connectivity index (χ1v) is 22.0. The maximum absolute atomic E-state index is 4.05. The standard InChI is InChI=1S/C61H48N2/c1-6-18-44-37-45(28-27-40(44)7-2)41-29-31-46(32-30-41)63(48-33-35-51-50-24-16-17-26-55(50)61(3,4)56(51)39-48)47-34-36-52-54(38-47)49-23-14-15-25-53(49)60-58(52)57(42-19-10-8-11-20-42)59(62(60)5)43-21-12-9-13-22-43/h6-39H,2H2,1,3-5H3/b18-6-. The van der Waals surface area contributed by atoms with E-state index >= 15 is 0 Å². The highest BCUT2D eigenvalue weighted by molar-refractivity contribution is 6.30. The second-order valence-corrected chi connectivity index (χ2v) is 17.3. The lowest BCUT2D eigenvalue weighted by Gasteiger charge is -2.28. The Hall–Kier alpha value is -7.68. The molecule has 63 heavy (non-hydrogen) atoms. The molecule has 2 heteroatoms. The van der Waals surface area contributed by atoms with Gasteiger partial charge in [0.2, 0.25) is 0 Å². The van der Waals surface area contributed by atoms with Crippen LogP contribution in [-0.2, 0) is 12.5 Å². The van der Waals surface area contributed by atoms with Crippen molar-refractivity contribution < 1.29 is 0 Å². The second-order valence-electron chi connectivity index (χ2n) is 17.3. The molecule has 1 heterocycles. The molecule has 1 aromatic heterocycles. The third-order valence-electron chi connectivity index (χ3n) is 13.4. The van der Waals surface area contributed by atoms with E-state index in [1.54, 1.807) is 0 Å². The number of rotatable bonds is 8. The maximum Gasteiger partial charge on any atom is 0.0575 e. The van der Waals surface area contributed by atoms with Crippen molar-refractivity contribution in [2.24, 2.45) is 7.05 Å². The number of aromatic nitrogens is 1. The van der Waals surface area contributed by atoms with Crippen LogP contribution in [0.1, 0.15) is 43.0 Å². The first-order valence-electron chi connectivity index (χ1n) is 22.0. The minimum absolute atomic E-state index is 0.136. The molecule has 11 rings (SSSR count). The Morgan fingerprint density at radius 3 is 1.86 bits per heavy atom. The van der Waals surface area contributed by atoms with Crippen LogP contribution in [0.2, 0.25) is 0 Å². The van der Waals surface area contributed by atoms with Crippen molar-refractivity contribution in [1.29, 1.82) is 0 Å². The largest absolute Gasteiger partial charge is 0.343 e. The summed E-state index contributed by atoms with van der Waals surface area (Å²) in [6.07, 6.45) is 6.17. The van der Waals surface area contributed by atoms with E-state index in [2.05, 4.69) is 244 Å². The second kappa shape index (κ2) is 15.0. The van der Waals surface area contributed by atoms with Crippen molar-refractivity contribution in [1.82, 2.24) is 4.57 Å². The molecule has 9 aromatic carbocycles. The fourth-order valence-corrected chi connectivity index (χ4v) is 10.5. The van der Waals surface area contributed by atoms with E-state index in [9.17, 15) is 0 Å². The summed E-state index contributed by atoms with van der Waals surface area (Å²) in [6.45, 7) is 10.8. The summed E-state index contributed by atoms with van der Waals surface area (Å²) < 4.78 is 2.42. The van der Waals surface area contributed by atoms with E-state index in [0.717, 1.165) is 22.6 Å². The summed E-state index contributed by atoms with van der Waals surface area (Å²) >= 11 is 0. The summed E-state index contributed by atoms with van der Waals surface area (Å²) in [7, 11) is 2.23. The lowest BCUT2D eigenvalue weighted by Crippen LogP contribution is -2.16. The molecule has 0 N–H and O–H groups in total. The van der Waals surface area contributed by atoms with Crippen molar-refractivity contribution in [3.05, 3.63) is 223 Å². The number of fused-ring (bicyclic) bond motifs is 9. The number of aryl methyl sites for hydroxylation is 1. The highest BCUT2D eigenvalue weighted by Gasteiger charge is 2.36. The highest BCUT2D eigenvalue weighted by atomic mass is 15.1. The predicted octanol–water partition coefficient (Wildman–Crippen LogP) is 16.9. The fourth-order valence-electron chi connectivity index (χ4n) is 10.5. The molecule has 0 saturated carbocycles. The van der Waals surface area contributed by atoms with Gasteiger partial charge in [-0.1, -0.05) is 184 Å². The SMILES string of the molecule is C=Cc1ccc(-c2ccc(N(c3ccc4c(c3)C(C)(C)c3ccccc3-4)c3ccc4c(c3)c3ccccc3c3c4c(-c4ccccc4)c(-c4ccccc4)n3C)cc2)cc1/C=C\C. The molecule has 0 aliphatic heterocycles. The summed E-state index contributed by atoms with van der Waals surface area (Å²) in [6, 6.07) is 69.6. The number of nitrogens with zero attached hydrogens (tertiary/aromatic N) is 2. The Labute approximate surface area is 370 Å². The molecule has 2 nitrogen and oxygen atoms in total. The molecule has 10 aromatic rings. The van der Waals surface area contributed by atoms with Crippen molar-refractivity contribution in [2.75, 3.05) is 4.90 Å². The predicted molar refractivity (Wildman–Crippen MR) is 271 cm³/mol. The Kier molecular flexibility index (Phi) is 9.14. The van der Waals surface area contributed by atoms with Gasteiger partial charge in [-0.15, -0.1) is 0 Å². The highest BCUT2D eigenvalue weighted by Crippen LogP contribution is 2.52. The summed E-state index contributed by atoms with van der Waals surface area (Å²) in [5.41, 5.74) is 19.4. The summed E-state index contributed by atoms with van der Waals surface area (Å²) in [4.78, 5) is 2.45. The Bertz CT molecular complexity index is 3440. The van der Waals surface area contributed by atoms with Crippen molar-refractivity contribution in [3.8, 4) is 44.6 Å². The molecule has 0 radical (unpaired) electrons. The van der Waals surface area contributed by atoms with Gasteiger partial charge in [0.15, 0.2) is 0 Å². The lowest BCUT2D eigenvalue weighted by atomic mass is 9.82. The van der Waals surface area contributed by atoms with Gasteiger partial charge in [-0.3, -0.25) is 0 Å². The topological polar surface area (TPSA) is 8.17 Å². The van der Waals surface area contributed by atoms with Gasteiger partial charge in [0.05, 0.1) is 11.2 Å². The molecule has 0 fully saturated rings. The van der Waals surface area contributed by atoms with E-state index in [1.807, 2.05) is 6.08 Å². The molecule has 0 saturated heterocycles. The van der Waals surface area contributed by atoms with Gasteiger partial charge >= 0.3 is 0 Å². The monoisotopic (exact) mass is 808 g/mol. The van der Waals surface area contributed by atoms with Crippen LogP contribution in [-0.4, -0.2) is 4.57 Å². The number of anilines is 3. The molecule has 0 amide bonds. The normalized spacial score (nSPS) is 12.9. The van der Waals surface area contributed by atoms with E-state index in [-0.39, 0.29) is 5.41 Å². The maximum atomic E-state index is 4.05. The first kappa shape index (κ1) is 38.3. The molecule has 0 atom stereocenters. The first-order chi connectivity index (χ1) is 30.9. The zero-order valence-corrected chi connectivity index (χ0v) is 36.2. The Morgan fingerprint density at radius 1 is 0.492 bits per heavy atom. The van der Waals surface area contributed by atoms with E-state index in [4.69, 9.17) is 0 Å². The van der Waals surface area contributed by atoms with E-state index in [1.165, 1.54) is 93.8 Å². The van der Waals surface area contributed by atoms with Crippen LogP contribution in [0, 0.1) is 0 Å². The van der Waals surface area contributed by atoms with E-state index in [0.29, 0.717) is 0 Å². The zero-order chi connectivity index (χ0) is 42.8. The summed E-state index contributed by atoms with van der Waals surface area (Å²) in [5, 5.41) is 6.22. The van der Waals surface area contributed by atoms with Gasteiger partial charge in [-0.2, -0.15) is 0 Å². The molecule has 1 aliphatic carbocycles. The van der Waals surface area contributed by atoms with Crippen LogP contribution in [0.5, 0.6) is 0 Å². The molecule has 302 valence electrons. The minimum atomic E-state index is -0.136. The molecular weight excluding hydrogens is 761 g/mol. The fraction of sp³-hybridized carbons (Fsp3) is 0.0820. The molecule has 1 aliphatic rings. The number of benzene rings is 9. The van der Waals surface area contributed by atoms with Crippen LogP contribution in [0.15, 0.2) is 201 Å². The van der Waals surface area contributed by atoms with Gasteiger partial charge in [0, 0.05) is 45.9 Å². The third kappa shape index (κ3) is 6.09. The van der Waals surface area contributed by atoms with Gasteiger partial charge in [-0.25, -0.2) is 0 Å². The van der Waals surface area contributed by atoms with Gasteiger partial charge in [0.1, 0.15) is 0 Å². The number of hydrogen-bond acceptors (Lipinski definition) is 1. The lowest BCUT2D eigenvalue weighted by molar-refractivity contribution is 0.660. The number of allylic oxidation sites excluding steroid dienone is 1. The average molecular weight is 809 g/mol. The van der Waals surface area contributed by atoms with Crippen LogP contribution in [0.25, 0.3) is 89.2 Å². The van der Waals surface area contributed by atoms with Crippen LogP contribution < -0.4 is 4.90 Å². The van der Waals surface area contributed by atoms with Gasteiger partial charge in [0.25, 0.3) is 0 Å². The van der Waals surface area contributed by atoms with Crippen LogP contribution >= 0.6 is 0 Å². The average Bonchev–Trinajstić information content (AvgIpc) is 3.77. The molecular formula is C61H48N2. The summed E-state index contributed by atoms with van der Waals surface area (Å²) in [5.74, 6) is 0. The van der Waals surface area contributed by atoms with Crippen molar-refractivity contribution in [2.45, 2.75) is 26.2 Å². The molecule has 0 spiro atoms. The van der Waals surface area contributed by atoms with Crippen LogP contribution in [0.4, 0.5) is 17.1 Å². The van der Waals surface area contributed by atoms with Crippen LogP contribution in [0.3, 0.4) is 0 Å². The van der Waals surface area contributed by atoms with Gasteiger partial charge < -0.3 is 9.47 Å². The quantitative estimate of drug-likeness (QED) is 0.139. The number of hydrogen-bond donors (Lipinski definition) is 0. The molecule has 0 bridgehead atoms. The third-order valence-corrected chi connectivity index (χ3v) is 13.4. The zero-order valence-electron chi connectivity index (χ0n) is 36.2.